The van der Waals surface area contributed by atoms with Gasteiger partial charge in [0, 0.05) is 39.2 Å². The smallest absolute Gasteiger partial charge is 0.223 e. The van der Waals surface area contributed by atoms with Crippen LogP contribution in [0.25, 0.3) is 0 Å². The van der Waals surface area contributed by atoms with Crippen LogP contribution in [0.1, 0.15) is 13.3 Å². The molecule has 1 N–H and O–H groups in total. The standard InChI is InChI=1S/C14H18ClFN2O3/c1-10(19)18(7-5-14(20)17-6-8-21-2)11-3-4-13(16)12(15)9-11/h3-4,9H,5-8H2,1-2H3,(H,17,20). The number of amides is 2. The summed E-state index contributed by atoms with van der Waals surface area (Å²) in [4.78, 5) is 24.6. The fraction of sp³-hybridized carbons (Fsp3) is 0.429. The Hall–Kier alpha value is -1.66. The second-order valence-electron chi connectivity index (χ2n) is 4.36. The second kappa shape index (κ2) is 8.59. The molecule has 0 aliphatic rings. The first-order chi connectivity index (χ1) is 9.95. The quantitative estimate of drug-likeness (QED) is 0.783. The predicted molar refractivity (Wildman–Crippen MR) is 78.9 cm³/mol. The number of carbonyl (C=O) groups is 2. The van der Waals surface area contributed by atoms with Crippen molar-refractivity contribution in [3.63, 3.8) is 0 Å². The highest BCUT2D eigenvalue weighted by Crippen LogP contribution is 2.23. The maximum Gasteiger partial charge on any atom is 0.223 e. The third-order valence-corrected chi connectivity index (χ3v) is 3.08. The summed E-state index contributed by atoms with van der Waals surface area (Å²) in [6.45, 7) is 2.41. The van der Waals surface area contributed by atoms with Crippen LogP contribution >= 0.6 is 11.6 Å². The number of rotatable bonds is 7. The maximum atomic E-state index is 13.1. The molecule has 0 aliphatic heterocycles. The van der Waals surface area contributed by atoms with Crippen LogP contribution in [-0.4, -0.2) is 38.6 Å². The van der Waals surface area contributed by atoms with Crippen molar-refractivity contribution in [2.24, 2.45) is 0 Å². The van der Waals surface area contributed by atoms with Crippen LogP contribution in [0.15, 0.2) is 18.2 Å². The lowest BCUT2D eigenvalue weighted by atomic mass is 10.2. The van der Waals surface area contributed by atoms with Crippen LogP contribution < -0.4 is 10.2 Å². The van der Waals surface area contributed by atoms with Crippen LogP contribution in [-0.2, 0) is 14.3 Å². The fourth-order valence-electron chi connectivity index (χ4n) is 1.72. The van der Waals surface area contributed by atoms with Crippen LogP contribution in [0, 0.1) is 5.82 Å². The Morgan fingerprint density at radius 1 is 1.43 bits per heavy atom. The Labute approximate surface area is 128 Å². The zero-order valence-corrected chi connectivity index (χ0v) is 12.7. The van der Waals surface area contributed by atoms with Crippen LogP contribution in [0.2, 0.25) is 5.02 Å². The van der Waals surface area contributed by atoms with Gasteiger partial charge in [-0.2, -0.15) is 0 Å². The lowest BCUT2D eigenvalue weighted by Gasteiger charge is -2.21. The van der Waals surface area contributed by atoms with E-state index in [1.807, 2.05) is 0 Å². The van der Waals surface area contributed by atoms with E-state index in [0.717, 1.165) is 0 Å². The Kier molecular flexibility index (Phi) is 7.11. The predicted octanol–water partition coefficient (Wildman–Crippen LogP) is 1.98. The largest absolute Gasteiger partial charge is 0.383 e. The zero-order chi connectivity index (χ0) is 15.8. The molecule has 0 radical (unpaired) electrons. The maximum absolute atomic E-state index is 13.1. The van der Waals surface area contributed by atoms with E-state index in [9.17, 15) is 14.0 Å². The molecule has 0 bridgehead atoms. The first kappa shape index (κ1) is 17.4. The number of halogens is 2. The summed E-state index contributed by atoms with van der Waals surface area (Å²) in [6.07, 6.45) is 0.137. The van der Waals surface area contributed by atoms with E-state index in [1.54, 1.807) is 7.11 Å². The number of nitrogens with one attached hydrogen (secondary N) is 1. The molecule has 0 aromatic heterocycles. The van der Waals surface area contributed by atoms with Gasteiger partial charge in [-0.3, -0.25) is 9.59 Å². The van der Waals surface area contributed by atoms with Gasteiger partial charge in [0.2, 0.25) is 11.8 Å². The molecule has 0 saturated carbocycles. The van der Waals surface area contributed by atoms with E-state index in [2.05, 4.69) is 5.32 Å². The highest BCUT2D eigenvalue weighted by atomic mass is 35.5. The van der Waals surface area contributed by atoms with Gasteiger partial charge in [0.05, 0.1) is 11.6 Å². The molecule has 21 heavy (non-hydrogen) atoms. The fourth-order valence-corrected chi connectivity index (χ4v) is 1.89. The van der Waals surface area contributed by atoms with Gasteiger partial charge in [-0.05, 0) is 18.2 Å². The van der Waals surface area contributed by atoms with Crippen molar-refractivity contribution >= 4 is 29.1 Å². The van der Waals surface area contributed by atoms with Gasteiger partial charge in [-0.15, -0.1) is 0 Å². The van der Waals surface area contributed by atoms with E-state index in [0.29, 0.717) is 18.8 Å². The number of hydrogen-bond donors (Lipinski definition) is 1. The van der Waals surface area contributed by atoms with Gasteiger partial charge in [0.25, 0.3) is 0 Å². The van der Waals surface area contributed by atoms with Crippen LogP contribution in [0.5, 0.6) is 0 Å². The molecule has 0 aliphatic carbocycles. The van der Waals surface area contributed by atoms with Crippen molar-refractivity contribution < 1.29 is 18.7 Å². The van der Waals surface area contributed by atoms with Gasteiger partial charge >= 0.3 is 0 Å². The first-order valence-corrected chi connectivity index (χ1v) is 6.82. The SMILES string of the molecule is COCCNC(=O)CCN(C(C)=O)c1ccc(F)c(Cl)c1. The Morgan fingerprint density at radius 2 is 2.14 bits per heavy atom. The van der Waals surface area contributed by atoms with Crippen molar-refractivity contribution in [2.45, 2.75) is 13.3 Å². The minimum absolute atomic E-state index is 0.0664. The van der Waals surface area contributed by atoms with Crippen LogP contribution in [0.4, 0.5) is 10.1 Å². The molecule has 1 rings (SSSR count). The molecular weight excluding hydrogens is 299 g/mol. The Bertz CT molecular complexity index is 511. The van der Waals surface area contributed by atoms with Crippen molar-refractivity contribution in [3.05, 3.63) is 29.0 Å². The molecule has 0 atom stereocenters. The number of carbonyl (C=O) groups excluding carboxylic acids is 2. The molecule has 1 aromatic carbocycles. The molecule has 1 aromatic rings. The van der Waals surface area contributed by atoms with Crippen LogP contribution in [0.3, 0.4) is 0 Å². The monoisotopic (exact) mass is 316 g/mol. The van der Waals surface area contributed by atoms with Gasteiger partial charge in [-0.1, -0.05) is 11.6 Å². The number of nitrogens with zero attached hydrogens (tertiary/aromatic N) is 1. The minimum Gasteiger partial charge on any atom is -0.383 e. The minimum atomic E-state index is -0.554. The highest BCUT2D eigenvalue weighted by Gasteiger charge is 2.14. The highest BCUT2D eigenvalue weighted by molar-refractivity contribution is 6.31. The number of methoxy groups -OCH3 is 1. The molecule has 0 heterocycles. The normalized spacial score (nSPS) is 10.3. The zero-order valence-electron chi connectivity index (χ0n) is 12.0. The summed E-state index contributed by atoms with van der Waals surface area (Å²) in [5, 5.41) is 2.60. The average molecular weight is 317 g/mol. The van der Waals surface area contributed by atoms with E-state index in [4.69, 9.17) is 16.3 Å². The molecule has 116 valence electrons. The number of ether oxygens (including phenoxy) is 1. The van der Waals surface area contributed by atoms with E-state index in [1.165, 1.54) is 30.0 Å². The summed E-state index contributed by atoms with van der Waals surface area (Å²) in [7, 11) is 1.54. The molecule has 5 nitrogen and oxygen atoms in total. The molecule has 0 saturated heterocycles. The summed E-state index contributed by atoms with van der Waals surface area (Å²) in [5.74, 6) is -0.991. The lowest BCUT2D eigenvalue weighted by molar-refractivity contribution is -0.121. The van der Waals surface area contributed by atoms with Crippen molar-refractivity contribution in [2.75, 3.05) is 31.7 Å². The van der Waals surface area contributed by atoms with Crippen molar-refractivity contribution in [1.29, 1.82) is 0 Å². The van der Waals surface area contributed by atoms with E-state index < -0.39 is 5.82 Å². The summed E-state index contributed by atoms with van der Waals surface area (Å²) in [5.41, 5.74) is 0.457. The topological polar surface area (TPSA) is 58.6 Å². The van der Waals surface area contributed by atoms with Crippen molar-refractivity contribution in [1.82, 2.24) is 5.32 Å². The third-order valence-electron chi connectivity index (χ3n) is 2.79. The Balaban J connectivity index is 2.64. The van der Waals surface area contributed by atoms with Gasteiger partial charge in [-0.25, -0.2) is 4.39 Å². The van der Waals surface area contributed by atoms with Gasteiger partial charge in [0.15, 0.2) is 0 Å². The molecule has 0 fully saturated rings. The lowest BCUT2D eigenvalue weighted by Crippen LogP contribution is -2.34. The first-order valence-electron chi connectivity index (χ1n) is 6.44. The summed E-state index contributed by atoms with van der Waals surface area (Å²) < 4.78 is 18.0. The molecule has 0 unspecified atom stereocenters. The van der Waals surface area contributed by atoms with E-state index >= 15 is 0 Å². The number of benzene rings is 1. The molecular formula is C14H18ClFN2O3. The molecule has 7 heteroatoms. The van der Waals surface area contributed by atoms with Gasteiger partial charge < -0.3 is 15.0 Å². The molecule has 0 spiro atoms. The Morgan fingerprint density at radius 3 is 2.71 bits per heavy atom. The third kappa shape index (κ3) is 5.69. The second-order valence-corrected chi connectivity index (χ2v) is 4.77. The number of hydrogen-bond acceptors (Lipinski definition) is 3. The summed E-state index contributed by atoms with van der Waals surface area (Å²) >= 11 is 5.70. The number of anilines is 1. The van der Waals surface area contributed by atoms with E-state index in [-0.39, 0.29) is 29.8 Å². The molecule has 2 amide bonds. The van der Waals surface area contributed by atoms with Gasteiger partial charge in [0.1, 0.15) is 5.82 Å². The summed E-state index contributed by atoms with van der Waals surface area (Å²) in [6, 6.07) is 4.00. The van der Waals surface area contributed by atoms with Crippen molar-refractivity contribution in [3.8, 4) is 0 Å². The average Bonchev–Trinajstić information content (AvgIpc) is 2.43.